The van der Waals surface area contributed by atoms with Crippen LogP contribution in [-0.2, 0) is 11.2 Å². The summed E-state index contributed by atoms with van der Waals surface area (Å²) in [7, 11) is 0. The Kier molecular flexibility index (Phi) is 8.98. The molecule has 0 radical (unpaired) electrons. The first-order chi connectivity index (χ1) is 11.9. The van der Waals surface area contributed by atoms with Crippen LogP contribution in [-0.4, -0.2) is 63.3 Å². The third-order valence-electron chi connectivity index (χ3n) is 4.73. The van der Waals surface area contributed by atoms with Crippen molar-refractivity contribution in [3.8, 4) is 0 Å². The molecule has 1 aromatic carbocycles. The number of guanidine groups is 1. The molecule has 1 N–H and O–H groups in total. The minimum Gasteiger partial charge on any atom is -0.379 e. The van der Waals surface area contributed by atoms with Crippen LogP contribution in [0.1, 0.15) is 25.3 Å². The number of nitrogens with one attached hydrogen (secondary N) is 1. The Hall–Kier alpha value is -0.860. The summed E-state index contributed by atoms with van der Waals surface area (Å²) in [5.41, 5.74) is 2.74. The van der Waals surface area contributed by atoms with E-state index in [1.165, 1.54) is 24.2 Å². The van der Waals surface area contributed by atoms with Gasteiger partial charge in [0.2, 0.25) is 0 Å². The lowest BCUT2D eigenvalue weighted by Crippen LogP contribution is -2.40. The number of nitrogens with zero attached hydrogens (tertiary/aromatic N) is 3. The van der Waals surface area contributed by atoms with E-state index in [9.17, 15) is 0 Å². The third kappa shape index (κ3) is 5.82. The van der Waals surface area contributed by atoms with Gasteiger partial charge in [-0.1, -0.05) is 18.2 Å². The second-order valence-electron chi connectivity index (χ2n) is 6.43. The summed E-state index contributed by atoms with van der Waals surface area (Å²) in [6, 6.07) is 8.66. The molecule has 0 saturated carbocycles. The molecule has 0 amide bonds. The molecular formula is C19H31IN4O. The summed E-state index contributed by atoms with van der Waals surface area (Å²) in [6.07, 6.45) is 3.46. The number of halogens is 1. The van der Waals surface area contributed by atoms with Crippen molar-refractivity contribution >= 4 is 35.6 Å². The van der Waals surface area contributed by atoms with E-state index >= 15 is 0 Å². The Morgan fingerprint density at radius 3 is 2.76 bits per heavy atom. The molecule has 0 atom stereocenters. The van der Waals surface area contributed by atoms with E-state index in [1.807, 2.05) is 0 Å². The fourth-order valence-corrected chi connectivity index (χ4v) is 3.41. The molecule has 0 aliphatic carbocycles. The molecule has 1 fully saturated rings. The van der Waals surface area contributed by atoms with Crippen molar-refractivity contribution < 1.29 is 4.74 Å². The maximum atomic E-state index is 5.39. The number of hydrogen-bond acceptors (Lipinski definition) is 3. The van der Waals surface area contributed by atoms with Crippen LogP contribution in [0.5, 0.6) is 0 Å². The summed E-state index contributed by atoms with van der Waals surface area (Å²) < 4.78 is 5.39. The average Bonchev–Trinajstić information content (AvgIpc) is 3.05. The van der Waals surface area contributed by atoms with Crippen LogP contribution < -0.4 is 10.2 Å². The van der Waals surface area contributed by atoms with Crippen LogP contribution in [0, 0.1) is 0 Å². The van der Waals surface area contributed by atoms with Crippen molar-refractivity contribution in [1.82, 2.24) is 10.2 Å². The van der Waals surface area contributed by atoms with Gasteiger partial charge in [0, 0.05) is 38.4 Å². The Morgan fingerprint density at radius 1 is 1.16 bits per heavy atom. The normalized spacial score (nSPS) is 18.0. The number of benzene rings is 1. The molecule has 0 spiro atoms. The van der Waals surface area contributed by atoms with Gasteiger partial charge in [-0.3, -0.25) is 9.89 Å². The smallest absolute Gasteiger partial charge is 0.198 e. The predicted octanol–water partition coefficient (Wildman–Crippen LogP) is 2.75. The van der Waals surface area contributed by atoms with E-state index in [2.05, 4.69) is 46.3 Å². The zero-order chi connectivity index (χ0) is 16.6. The highest BCUT2D eigenvalue weighted by atomic mass is 127. The maximum absolute atomic E-state index is 5.39. The second-order valence-corrected chi connectivity index (χ2v) is 6.43. The number of para-hydroxylation sites is 1. The first kappa shape index (κ1) is 20.5. The van der Waals surface area contributed by atoms with E-state index in [-0.39, 0.29) is 24.0 Å². The van der Waals surface area contributed by atoms with Gasteiger partial charge in [-0.2, -0.15) is 0 Å². The van der Waals surface area contributed by atoms with Crippen LogP contribution in [0.3, 0.4) is 0 Å². The third-order valence-corrected chi connectivity index (χ3v) is 4.73. The lowest BCUT2D eigenvalue weighted by molar-refractivity contribution is 0.0373. The molecule has 1 saturated heterocycles. The number of rotatable bonds is 6. The number of fused-ring (bicyclic) bond motifs is 1. The lowest BCUT2D eigenvalue weighted by Gasteiger charge is -2.26. The first-order valence-corrected chi connectivity index (χ1v) is 9.32. The standard InChI is InChI=1S/C19H30N4O.HI/c1-2-20-19(23-12-9-17-7-3-4-8-18(17)23)21-10-5-6-11-22-13-15-24-16-14-22;/h3-4,7-8H,2,5-6,9-16H2,1H3,(H,20,21);1H. The van der Waals surface area contributed by atoms with E-state index in [4.69, 9.17) is 9.73 Å². The van der Waals surface area contributed by atoms with Crippen molar-refractivity contribution in [3.63, 3.8) is 0 Å². The SMILES string of the molecule is CCNC(=NCCCCN1CCOCC1)N1CCc2ccccc21.I. The minimum atomic E-state index is 0. The first-order valence-electron chi connectivity index (χ1n) is 9.32. The number of ether oxygens (including phenoxy) is 1. The highest BCUT2D eigenvalue weighted by Crippen LogP contribution is 2.27. The van der Waals surface area contributed by atoms with E-state index < -0.39 is 0 Å². The molecule has 2 aliphatic heterocycles. The molecule has 25 heavy (non-hydrogen) atoms. The van der Waals surface area contributed by atoms with Crippen molar-refractivity contribution in [3.05, 3.63) is 29.8 Å². The topological polar surface area (TPSA) is 40.1 Å². The number of anilines is 1. The Morgan fingerprint density at radius 2 is 1.96 bits per heavy atom. The fraction of sp³-hybridized carbons (Fsp3) is 0.632. The molecule has 140 valence electrons. The zero-order valence-corrected chi connectivity index (χ0v) is 17.6. The van der Waals surface area contributed by atoms with Gasteiger partial charge in [0.1, 0.15) is 0 Å². The largest absolute Gasteiger partial charge is 0.379 e. The van der Waals surface area contributed by atoms with Gasteiger partial charge < -0.3 is 15.0 Å². The van der Waals surface area contributed by atoms with Crippen molar-refractivity contribution in [1.29, 1.82) is 0 Å². The van der Waals surface area contributed by atoms with Crippen LogP contribution in [0.15, 0.2) is 29.3 Å². The zero-order valence-electron chi connectivity index (χ0n) is 15.2. The summed E-state index contributed by atoms with van der Waals surface area (Å²) >= 11 is 0. The molecule has 0 bridgehead atoms. The maximum Gasteiger partial charge on any atom is 0.198 e. The van der Waals surface area contributed by atoms with Crippen LogP contribution in [0.2, 0.25) is 0 Å². The molecule has 2 aliphatic rings. The van der Waals surface area contributed by atoms with Gasteiger partial charge >= 0.3 is 0 Å². The van der Waals surface area contributed by atoms with Crippen LogP contribution in [0.25, 0.3) is 0 Å². The molecule has 0 unspecified atom stereocenters. The van der Waals surface area contributed by atoms with E-state index in [0.717, 1.165) is 64.7 Å². The van der Waals surface area contributed by atoms with Crippen LogP contribution >= 0.6 is 24.0 Å². The predicted molar refractivity (Wildman–Crippen MR) is 115 cm³/mol. The van der Waals surface area contributed by atoms with Gasteiger partial charge in [-0.15, -0.1) is 24.0 Å². The fourth-order valence-electron chi connectivity index (χ4n) is 3.41. The van der Waals surface area contributed by atoms with E-state index in [0.29, 0.717) is 0 Å². The lowest BCUT2D eigenvalue weighted by atomic mass is 10.2. The van der Waals surface area contributed by atoms with Gasteiger partial charge in [0.25, 0.3) is 0 Å². The quantitative estimate of drug-likeness (QED) is 0.308. The Labute approximate surface area is 168 Å². The molecule has 5 nitrogen and oxygen atoms in total. The Bertz CT molecular complexity index is 546. The van der Waals surface area contributed by atoms with Gasteiger partial charge in [0.05, 0.1) is 13.2 Å². The number of aliphatic imine (C=N–C) groups is 1. The monoisotopic (exact) mass is 458 g/mol. The second kappa shape index (κ2) is 11.0. The molecule has 2 heterocycles. The minimum absolute atomic E-state index is 0. The molecule has 1 aromatic rings. The van der Waals surface area contributed by atoms with Crippen molar-refractivity contribution in [2.45, 2.75) is 26.2 Å². The number of unbranched alkanes of at least 4 members (excludes halogenated alkanes) is 1. The summed E-state index contributed by atoms with van der Waals surface area (Å²) in [6.45, 7) is 10.1. The number of hydrogen-bond donors (Lipinski definition) is 1. The van der Waals surface area contributed by atoms with Gasteiger partial charge in [-0.25, -0.2) is 0 Å². The summed E-state index contributed by atoms with van der Waals surface area (Å²) in [5.74, 6) is 1.04. The molecule has 0 aromatic heterocycles. The molecular weight excluding hydrogens is 427 g/mol. The van der Waals surface area contributed by atoms with Crippen LogP contribution in [0.4, 0.5) is 5.69 Å². The molecule has 6 heteroatoms. The average molecular weight is 458 g/mol. The Balaban J connectivity index is 0.00000225. The van der Waals surface area contributed by atoms with E-state index in [1.54, 1.807) is 0 Å². The van der Waals surface area contributed by atoms with Crippen molar-refractivity contribution in [2.75, 3.05) is 57.4 Å². The summed E-state index contributed by atoms with van der Waals surface area (Å²) in [4.78, 5) is 9.69. The van der Waals surface area contributed by atoms with Crippen molar-refractivity contribution in [2.24, 2.45) is 4.99 Å². The van der Waals surface area contributed by atoms with Gasteiger partial charge in [0.15, 0.2) is 5.96 Å². The number of morpholine rings is 1. The highest BCUT2D eigenvalue weighted by molar-refractivity contribution is 14.0. The van der Waals surface area contributed by atoms with Gasteiger partial charge in [-0.05, 0) is 44.4 Å². The highest BCUT2D eigenvalue weighted by Gasteiger charge is 2.22. The molecule has 3 rings (SSSR count). The summed E-state index contributed by atoms with van der Waals surface area (Å²) in [5, 5.41) is 3.45.